The Morgan fingerprint density at radius 3 is 2.28 bits per heavy atom. The molecule has 192 valence electrons. The Labute approximate surface area is 201 Å². The van der Waals surface area contributed by atoms with Crippen molar-refractivity contribution in [3.8, 4) is 0 Å². The van der Waals surface area contributed by atoms with Crippen molar-refractivity contribution >= 4 is 11.9 Å². The number of carbonyl (C=O) groups is 2. The van der Waals surface area contributed by atoms with Crippen LogP contribution in [0.1, 0.15) is 67.3 Å². The second-order valence-electron chi connectivity index (χ2n) is 8.24. The molecule has 2 aromatic carbocycles. The summed E-state index contributed by atoms with van der Waals surface area (Å²) in [6, 6.07) is 7.34. The number of hydrogen-bond acceptors (Lipinski definition) is 3. The highest BCUT2D eigenvalue weighted by Gasteiger charge is 2.41. The predicted molar refractivity (Wildman–Crippen MR) is 116 cm³/mol. The second-order valence-corrected chi connectivity index (χ2v) is 8.24. The number of rotatable bonds is 6. The summed E-state index contributed by atoms with van der Waals surface area (Å²) in [6.45, 7) is 3.10. The van der Waals surface area contributed by atoms with Gasteiger partial charge in [-0.25, -0.2) is 4.79 Å². The molecular weight excluding hydrogens is 492 g/mol. The van der Waals surface area contributed by atoms with E-state index in [-0.39, 0.29) is 16.8 Å². The molecule has 0 aliphatic heterocycles. The maximum absolute atomic E-state index is 13.8. The summed E-state index contributed by atoms with van der Waals surface area (Å²) in [5.74, 6) is -2.28. The van der Waals surface area contributed by atoms with E-state index in [9.17, 15) is 35.9 Å². The van der Waals surface area contributed by atoms with E-state index in [1.165, 1.54) is 31.2 Å². The fourth-order valence-corrected chi connectivity index (χ4v) is 3.96. The molecule has 0 fully saturated rings. The highest BCUT2D eigenvalue weighted by Crippen LogP contribution is 2.35. The average Bonchev–Trinajstić information content (AvgIpc) is 3.09. The van der Waals surface area contributed by atoms with Gasteiger partial charge in [0.2, 0.25) is 0 Å². The SMILES string of the molecule is Cc1cc(C(=O)O)ccc1[C@H](C)NC(=O)c1c(Cc2cccc(C(F)(F)F)c2)nn(C)c1C(F)(F)F. The largest absolute Gasteiger partial charge is 0.478 e. The number of nitrogens with one attached hydrogen (secondary N) is 1. The number of nitrogens with zero attached hydrogens (tertiary/aromatic N) is 2. The molecule has 12 heteroatoms. The van der Waals surface area contributed by atoms with Crippen molar-refractivity contribution in [3.63, 3.8) is 0 Å². The Kier molecular flexibility index (Phi) is 7.19. The fraction of sp³-hybridized carbons (Fsp3) is 0.292. The third-order valence-corrected chi connectivity index (χ3v) is 5.57. The van der Waals surface area contributed by atoms with Gasteiger partial charge in [-0.2, -0.15) is 31.4 Å². The van der Waals surface area contributed by atoms with E-state index in [1.807, 2.05) is 0 Å². The van der Waals surface area contributed by atoms with Gasteiger partial charge in [-0.15, -0.1) is 0 Å². The molecule has 6 nitrogen and oxygen atoms in total. The molecule has 0 unspecified atom stereocenters. The van der Waals surface area contributed by atoms with Crippen LogP contribution < -0.4 is 5.32 Å². The Hall–Kier alpha value is -3.83. The van der Waals surface area contributed by atoms with Crippen LogP contribution >= 0.6 is 0 Å². The van der Waals surface area contributed by atoms with Crippen LogP contribution in [0.25, 0.3) is 0 Å². The van der Waals surface area contributed by atoms with Crippen LogP contribution in [0.4, 0.5) is 26.3 Å². The van der Waals surface area contributed by atoms with Gasteiger partial charge in [-0.3, -0.25) is 9.48 Å². The lowest BCUT2D eigenvalue weighted by Crippen LogP contribution is -2.30. The molecule has 0 saturated heterocycles. The highest BCUT2D eigenvalue weighted by molar-refractivity contribution is 5.97. The molecule has 2 N–H and O–H groups in total. The van der Waals surface area contributed by atoms with Gasteiger partial charge in [0.1, 0.15) is 0 Å². The van der Waals surface area contributed by atoms with Gasteiger partial charge in [-0.05, 0) is 48.7 Å². The number of carboxylic acid groups (broad SMARTS) is 1. The summed E-state index contributed by atoms with van der Waals surface area (Å²) in [7, 11) is 0.993. The molecule has 3 aromatic rings. The molecule has 0 saturated carbocycles. The lowest BCUT2D eigenvalue weighted by molar-refractivity contribution is -0.144. The number of benzene rings is 2. The topological polar surface area (TPSA) is 84.2 Å². The van der Waals surface area contributed by atoms with Crippen LogP contribution in [-0.2, 0) is 25.8 Å². The summed E-state index contributed by atoms with van der Waals surface area (Å²) in [5, 5.41) is 15.4. The lowest BCUT2D eigenvalue weighted by atomic mass is 9.98. The van der Waals surface area contributed by atoms with E-state index in [2.05, 4.69) is 10.4 Å². The number of halogens is 6. The van der Waals surface area contributed by atoms with Gasteiger partial charge in [-0.1, -0.05) is 24.3 Å². The van der Waals surface area contributed by atoms with E-state index in [4.69, 9.17) is 5.11 Å². The van der Waals surface area contributed by atoms with Gasteiger partial charge in [0.25, 0.3) is 5.91 Å². The molecule has 0 aliphatic carbocycles. The second kappa shape index (κ2) is 9.67. The zero-order chi connectivity index (χ0) is 27.0. The molecule has 1 amide bonds. The Morgan fingerprint density at radius 1 is 1.06 bits per heavy atom. The number of hydrogen-bond donors (Lipinski definition) is 2. The Balaban J connectivity index is 1.99. The van der Waals surface area contributed by atoms with Crippen molar-refractivity contribution in [1.29, 1.82) is 0 Å². The molecule has 1 atom stereocenters. The lowest BCUT2D eigenvalue weighted by Gasteiger charge is -2.18. The quantitative estimate of drug-likeness (QED) is 0.424. The number of alkyl halides is 6. The molecule has 0 aliphatic rings. The van der Waals surface area contributed by atoms with Gasteiger partial charge < -0.3 is 10.4 Å². The molecule has 0 spiro atoms. The van der Waals surface area contributed by atoms with Crippen LogP contribution in [0.15, 0.2) is 42.5 Å². The first-order valence-electron chi connectivity index (χ1n) is 10.5. The highest BCUT2D eigenvalue weighted by atomic mass is 19.4. The van der Waals surface area contributed by atoms with Gasteiger partial charge in [0.15, 0.2) is 5.69 Å². The van der Waals surface area contributed by atoms with E-state index in [0.29, 0.717) is 15.8 Å². The zero-order valence-electron chi connectivity index (χ0n) is 19.3. The minimum Gasteiger partial charge on any atom is -0.478 e. The van der Waals surface area contributed by atoms with Crippen molar-refractivity contribution in [3.05, 3.63) is 87.2 Å². The van der Waals surface area contributed by atoms with Crippen LogP contribution in [0, 0.1) is 6.92 Å². The maximum atomic E-state index is 13.8. The first-order chi connectivity index (χ1) is 16.6. The fourth-order valence-electron chi connectivity index (χ4n) is 3.96. The number of amides is 1. The van der Waals surface area contributed by atoms with Crippen LogP contribution in [0.3, 0.4) is 0 Å². The third-order valence-electron chi connectivity index (χ3n) is 5.57. The van der Waals surface area contributed by atoms with Gasteiger partial charge in [0, 0.05) is 13.5 Å². The molecule has 1 aromatic heterocycles. The molecule has 3 rings (SSSR count). The van der Waals surface area contributed by atoms with Crippen LogP contribution in [0.2, 0.25) is 0 Å². The summed E-state index contributed by atoms with van der Waals surface area (Å²) >= 11 is 0. The number of aryl methyl sites for hydroxylation is 2. The smallest absolute Gasteiger partial charge is 0.433 e. The minimum absolute atomic E-state index is 0.00441. The molecule has 0 radical (unpaired) electrons. The van der Waals surface area contributed by atoms with Crippen LogP contribution in [0.5, 0.6) is 0 Å². The van der Waals surface area contributed by atoms with E-state index in [1.54, 1.807) is 6.92 Å². The first kappa shape index (κ1) is 26.8. The molecular formula is C24H21F6N3O3. The maximum Gasteiger partial charge on any atom is 0.433 e. The molecule has 0 bridgehead atoms. The van der Waals surface area contributed by atoms with Crippen molar-refractivity contribution in [2.24, 2.45) is 7.05 Å². The third kappa shape index (κ3) is 5.69. The van der Waals surface area contributed by atoms with Gasteiger partial charge in [0.05, 0.1) is 28.4 Å². The minimum atomic E-state index is -4.97. The number of aromatic carboxylic acids is 1. The standard InChI is InChI=1S/C24H21F6N3O3/c1-12-9-15(22(35)36)7-8-17(12)13(2)31-21(34)19-18(32-33(3)20(19)24(28,29)30)11-14-5-4-6-16(10-14)23(25,26)27/h4-10,13H,11H2,1-3H3,(H,31,34)(H,35,36)/t13-/m0/s1. The Morgan fingerprint density at radius 2 is 1.72 bits per heavy atom. The van der Waals surface area contributed by atoms with E-state index >= 15 is 0 Å². The Bertz CT molecular complexity index is 1310. The van der Waals surface area contributed by atoms with Gasteiger partial charge >= 0.3 is 18.3 Å². The van der Waals surface area contributed by atoms with E-state index < -0.39 is 53.5 Å². The number of carboxylic acids is 1. The molecule has 36 heavy (non-hydrogen) atoms. The zero-order valence-corrected chi connectivity index (χ0v) is 19.3. The van der Waals surface area contributed by atoms with Crippen molar-refractivity contribution in [1.82, 2.24) is 15.1 Å². The van der Waals surface area contributed by atoms with Crippen molar-refractivity contribution < 1.29 is 41.0 Å². The number of aromatic nitrogens is 2. The van der Waals surface area contributed by atoms with Crippen LogP contribution in [-0.4, -0.2) is 26.8 Å². The van der Waals surface area contributed by atoms with Crippen molar-refractivity contribution in [2.75, 3.05) is 0 Å². The summed E-state index contributed by atoms with van der Waals surface area (Å²) in [6.07, 6.45) is -10.1. The summed E-state index contributed by atoms with van der Waals surface area (Å²) in [5.41, 5.74) is -2.46. The van der Waals surface area contributed by atoms with Crippen molar-refractivity contribution in [2.45, 2.75) is 38.7 Å². The first-order valence-corrected chi connectivity index (χ1v) is 10.5. The summed E-state index contributed by atoms with van der Waals surface area (Å²) in [4.78, 5) is 24.2. The monoisotopic (exact) mass is 513 g/mol. The normalized spacial score (nSPS) is 12.9. The van der Waals surface area contributed by atoms with E-state index in [0.717, 1.165) is 25.2 Å². The number of carbonyl (C=O) groups excluding carboxylic acids is 1. The average molecular weight is 513 g/mol. The predicted octanol–water partition coefficient (Wildman–Crippen LogP) is 5.55. The molecule has 1 heterocycles. The summed E-state index contributed by atoms with van der Waals surface area (Å²) < 4.78 is 81.2.